The van der Waals surface area contributed by atoms with Gasteiger partial charge in [-0.3, -0.25) is 0 Å². The number of halogens is 2. The average Bonchev–Trinajstić information content (AvgIpc) is 3.12. The van der Waals surface area contributed by atoms with E-state index in [9.17, 15) is 0 Å². The molecule has 0 aliphatic heterocycles. The van der Waals surface area contributed by atoms with E-state index in [1.165, 1.54) is 16.7 Å². The zero-order chi connectivity index (χ0) is 15.1. The fraction of sp³-hybridized carbons (Fsp3) is 0.238. The van der Waals surface area contributed by atoms with Gasteiger partial charge in [0, 0.05) is 0 Å². The molecule has 0 amide bonds. The molecule has 1 unspecified atom stereocenters. The Balaban J connectivity index is 0.00000104. The molecule has 0 heterocycles. The third-order valence-corrected chi connectivity index (χ3v) is 9.33. The van der Waals surface area contributed by atoms with Gasteiger partial charge < -0.3 is 24.8 Å². The van der Waals surface area contributed by atoms with Gasteiger partial charge in [-0.15, -0.1) is 0 Å². The minimum Gasteiger partial charge on any atom is -1.00 e. The van der Waals surface area contributed by atoms with Crippen molar-refractivity contribution in [2.24, 2.45) is 0 Å². The number of allylic oxidation sites excluding steroid dienone is 4. The summed E-state index contributed by atoms with van der Waals surface area (Å²) in [7, 11) is 0. The first-order chi connectivity index (χ1) is 10.8. The second-order valence-electron chi connectivity index (χ2n) is 6.46. The molecular formula is C21H20Cl2Hf. The number of benzene rings is 2. The average molecular weight is 522 g/mol. The summed E-state index contributed by atoms with van der Waals surface area (Å²) in [5, 5.41) is 0. The van der Waals surface area contributed by atoms with Crippen LogP contribution in [-0.2, 0) is 22.9 Å². The fourth-order valence-electron chi connectivity index (χ4n) is 3.76. The van der Waals surface area contributed by atoms with Crippen molar-refractivity contribution in [3.8, 4) is 11.1 Å². The quantitative estimate of drug-likeness (QED) is 0.466. The topological polar surface area (TPSA) is 0 Å². The number of hydrogen-bond donors (Lipinski definition) is 0. The predicted molar refractivity (Wildman–Crippen MR) is 90.3 cm³/mol. The largest absolute Gasteiger partial charge is 1.00 e. The molecule has 2 aliphatic rings. The summed E-state index contributed by atoms with van der Waals surface area (Å²) in [6.07, 6.45) is 7.98. The summed E-state index contributed by atoms with van der Waals surface area (Å²) in [5.74, 6) is 0.503. The maximum absolute atomic E-state index is 2.42. The Hall–Kier alpha value is -0.630. The summed E-state index contributed by atoms with van der Waals surface area (Å²) in [5.41, 5.74) is 7.71. The van der Waals surface area contributed by atoms with E-state index in [-0.39, 0.29) is 24.8 Å². The van der Waals surface area contributed by atoms with Gasteiger partial charge in [0.05, 0.1) is 0 Å². The second kappa shape index (κ2) is 8.17. The Morgan fingerprint density at radius 3 is 2.42 bits per heavy atom. The standard InChI is InChI=1S/C18H13.C3H7.2ClH.Hf/c1-2-8-13(7-1)18-16-11-5-3-9-14(16)15-10-4-6-12-17(15)18;1-3-2;;;/h1-7,9-11,18H,8H2;3H,1-2H3;2*1H;/q;;;;+2/p-2. The summed E-state index contributed by atoms with van der Waals surface area (Å²) < 4.78 is 2.60. The molecule has 0 radical (unpaired) electrons. The van der Waals surface area contributed by atoms with Crippen molar-refractivity contribution < 1.29 is 47.7 Å². The molecule has 0 saturated heterocycles. The van der Waals surface area contributed by atoms with Crippen molar-refractivity contribution in [1.29, 1.82) is 0 Å². The predicted octanol–water partition coefficient (Wildman–Crippen LogP) is -0.771. The van der Waals surface area contributed by atoms with Gasteiger partial charge in [0.1, 0.15) is 0 Å². The molecule has 3 heteroatoms. The summed E-state index contributed by atoms with van der Waals surface area (Å²) in [6, 6.07) is 16.1. The van der Waals surface area contributed by atoms with Crippen molar-refractivity contribution >= 4 is 3.32 Å². The molecule has 0 fully saturated rings. The molecule has 0 spiro atoms. The summed E-state index contributed by atoms with van der Waals surface area (Å²) in [6.45, 7) is 4.80. The van der Waals surface area contributed by atoms with Crippen molar-refractivity contribution in [3.63, 3.8) is 0 Å². The molecule has 4 rings (SSSR count). The van der Waals surface area contributed by atoms with Gasteiger partial charge in [-0.05, 0) is 0 Å². The van der Waals surface area contributed by atoms with E-state index in [1.807, 2.05) is 0 Å². The molecule has 24 heavy (non-hydrogen) atoms. The first kappa shape index (κ1) is 19.7. The minimum absolute atomic E-state index is 0. The van der Waals surface area contributed by atoms with Crippen LogP contribution >= 0.6 is 0 Å². The third kappa shape index (κ3) is 3.36. The van der Waals surface area contributed by atoms with E-state index in [0.717, 1.165) is 10.1 Å². The molecule has 1 atom stereocenters. The van der Waals surface area contributed by atoms with Crippen LogP contribution in [0, 0.1) is 0 Å². The molecule has 2 aliphatic carbocycles. The van der Waals surface area contributed by atoms with E-state index in [1.54, 1.807) is 14.5 Å². The molecule has 0 bridgehead atoms. The molecule has 0 aromatic heterocycles. The fourth-order valence-corrected chi connectivity index (χ4v) is 8.25. The first-order valence-electron chi connectivity index (χ1n) is 8.10. The van der Waals surface area contributed by atoms with Crippen LogP contribution in [0.25, 0.3) is 11.1 Å². The SMILES string of the molecule is C[CH](C)[Hf+2][c]1cccc2c1C(C1=CC=CC1)c1ccccc1-2.[Cl-].[Cl-]. The molecule has 0 N–H and O–H groups in total. The van der Waals surface area contributed by atoms with E-state index in [0.29, 0.717) is 5.92 Å². The van der Waals surface area contributed by atoms with E-state index < -0.39 is 22.9 Å². The van der Waals surface area contributed by atoms with Crippen LogP contribution < -0.4 is 28.1 Å². The van der Waals surface area contributed by atoms with Gasteiger partial charge in [-0.25, -0.2) is 0 Å². The Morgan fingerprint density at radius 1 is 0.958 bits per heavy atom. The van der Waals surface area contributed by atoms with Crippen LogP contribution in [0.4, 0.5) is 0 Å². The Bertz CT molecular complexity index is 790. The van der Waals surface area contributed by atoms with E-state index >= 15 is 0 Å². The number of rotatable bonds is 3. The van der Waals surface area contributed by atoms with Crippen LogP contribution in [0.2, 0.25) is 3.67 Å². The number of fused-ring (bicyclic) bond motifs is 3. The van der Waals surface area contributed by atoms with Gasteiger partial charge in [0.25, 0.3) is 0 Å². The van der Waals surface area contributed by atoms with Crippen molar-refractivity contribution in [3.05, 3.63) is 77.4 Å². The Kier molecular flexibility index (Phi) is 6.70. The minimum atomic E-state index is -0.771. The van der Waals surface area contributed by atoms with Gasteiger partial charge in [0.2, 0.25) is 0 Å². The molecule has 2 aromatic rings. The van der Waals surface area contributed by atoms with Crippen molar-refractivity contribution in [1.82, 2.24) is 0 Å². The Labute approximate surface area is 168 Å². The van der Waals surface area contributed by atoms with Crippen LogP contribution in [0.5, 0.6) is 0 Å². The molecule has 0 saturated carbocycles. The van der Waals surface area contributed by atoms with Gasteiger partial charge in [-0.1, -0.05) is 0 Å². The molecule has 2 aromatic carbocycles. The maximum Gasteiger partial charge on any atom is -1.00 e. The van der Waals surface area contributed by atoms with Crippen molar-refractivity contribution in [2.75, 3.05) is 0 Å². The van der Waals surface area contributed by atoms with Crippen LogP contribution in [0.1, 0.15) is 37.3 Å². The van der Waals surface area contributed by atoms with Gasteiger partial charge >= 0.3 is 145 Å². The number of hydrogen-bond acceptors (Lipinski definition) is 0. The summed E-state index contributed by atoms with van der Waals surface area (Å²) >= 11 is -0.771. The van der Waals surface area contributed by atoms with Crippen LogP contribution in [0.3, 0.4) is 0 Å². The zero-order valence-electron chi connectivity index (χ0n) is 13.9. The van der Waals surface area contributed by atoms with Crippen LogP contribution in [0.15, 0.2) is 66.3 Å². The van der Waals surface area contributed by atoms with Crippen molar-refractivity contribution in [2.45, 2.75) is 29.9 Å². The zero-order valence-corrected chi connectivity index (χ0v) is 19.0. The van der Waals surface area contributed by atoms with Crippen LogP contribution in [-0.4, -0.2) is 0 Å². The van der Waals surface area contributed by atoms with E-state index in [2.05, 4.69) is 74.5 Å². The first-order valence-corrected chi connectivity index (χ1v) is 12.0. The monoisotopic (exact) mass is 522 g/mol. The van der Waals surface area contributed by atoms with E-state index in [4.69, 9.17) is 0 Å². The van der Waals surface area contributed by atoms with Gasteiger partial charge in [-0.2, -0.15) is 0 Å². The molecule has 0 nitrogen and oxygen atoms in total. The molecular weight excluding hydrogens is 502 g/mol. The Morgan fingerprint density at radius 2 is 1.71 bits per heavy atom. The third-order valence-electron chi connectivity index (χ3n) is 4.57. The smallest absolute Gasteiger partial charge is 1.00 e. The molecule has 122 valence electrons. The second-order valence-corrected chi connectivity index (χ2v) is 13.6. The maximum atomic E-state index is 2.42. The normalized spacial score (nSPS) is 16.6. The van der Waals surface area contributed by atoms with Gasteiger partial charge in [0.15, 0.2) is 0 Å². The summed E-state index contributed by atoms with van der Waals surface area (Å²) in [4.78, 5) is 0.